The van der Waals surface area contributed by atoms with Crippen LogP contribution in [0.2, 0.25) is 0 Å². The molecule has 0 saturated carbocycles. The highest BCUT2D eigenvalue weighted by molar-refractivity contribution is 5.26. The van der Waals surface area contributed by atoms with E-state index in [0.717, 1.165) is 38.5 Å². The van der Waals surface area contributed by atoms with Crippen molar-refractivity contribution in [3.63, 3.8) is 0 Å². The molecule has 0 radical (unpaired) electrons. The fourth-order valence-corrected chi connectivity index (χ4v) is 2.58. The van der Waals surface area contributed by atoms with Gasteiger partial charge in [0.1, 0.15) is 5.75 Å². The standard InChI is InChI=1S/C17H27NO2/c1-14-4-8-17(9-5-14)20-16(3)7-6-15(2)18-10-12-19-13-11-18/h4-5,8-9,15-16H,6-7,10-13H2,1-3H3/t15-,16-/m1/s1. The van der Waals surface area contributed by atoms with Crippen LogP contribution in [0.4, 0.5) is 0 Å². The molecule has 0 bridgehead atoms. The maximum Gasteiger partial charge on any atom is 0.119 e. The third-order valence-electron chi connectivity index (χ3n) is 4.02. The monoisotopic (exact) mass is 277 g/mol. The van der Waals surface area contributed by atoms with E-state index in [1.807, 2.05) is 0 Å². The van der Waals surface area contributed by atoms with E-state index < -0.39 is 0 Å². The summed E-state index contributed by atoms with van der Waals surface area (Å²) in [5.41, 5.74) is 1.27. The summed E-state index contributed by atoms with van der Waals surface area (Å²) in [7, 11) is 0. The second-order valence-corrected chi connectivity index (χ2v) is 5.82. The Morgan fingerprint density at radius 1 is 1.10 bits per heavy atom. The third-order valence-corrected chi connectivity index (χ3v) is 4.02. The van der Waals surface area contributed by atoms with E-state index in [2.05, 4.69) is 49.9 Å². The summed E-state index contributed by atoms with van der Waals surface area (Å²) in [6, 6.07) is 8.91. The van der Waals surface area contributed by atoms with E-state index in [1.54, 1.807) is 0 Å². The highest BCUT2D eigenvalue weighted by atomic mass is 16.5. The fourth-order valence-electron chi connectivity index (χ4n) is 2.58. The Labute approximate surface area is 122 Å². The largest absolute Gasteiger partial charge is 0.491 e. The van der Waals surface area contributed by atoms with Gasteiger partial charge in [0.05, 0.1) is 19.3 Å². The number of morpholine rings is 1. The molecule has 112 valence electrons. The van der Waals surface area contributed by atoms with Gasteiger partial charge in [-0.05, 0) is 45.7 Å². The van der Waals surface area contributed by atoms with Gasteiger partial charge in [-0.25, -0.2) is 0 Å². The highest BCUT2D eigenvalue weighted by Crippen LogP contribution is 2.17. The first-order valence-electron chi connectivity index (χ1n) is 7.70. The summed E-state index contributed by atoms with van der Waals surface area (Å²) in [5, 5.41) is 0. The number of rotatable bonds is 6. The van der Waals surface area contributed by atoms with E-state index in [-0.39, 0.29) is 6.10 Å². The molecule has 1 aliphatic heterocycles. The van der Waals surface area contributed by atoms with Crippen molar-refractivity contribution in [1.82, 2.24) is 4.90 Å². The molecule has 1 saturated heterocycles. The molecule has 0 spiro atoms. The van der Waals surface area contributed by atoms with Crippen molar-refractivity contribution in [1.29, 1.82) is 0 Å². The zero-order chi connectivity index (χ0) is 14.4. The predicted octanol–water partition coefficient (Wildman–Crippen LogP) is 3.26. The summed E-state index contributed by atoms with van der Waals surface area (Å²) < 4.78 is 11.4. The number of nitrogens with zero attached hydrogens (tertiary/aromatic N) is 1. The van der Waals surface area contributed by atoms with Gasteiger partial charge < -0.3 is 9.47 Å². The van der Waals surface area contributed by atoms with Crippen LogP contribution in [0.3, 0.4) is 0 Å². The summed E-state index contributed by atoms with van der Waals surface area (Å²) >= 11 is 0. The van der Waals surface area contributed by atoms with Crippen LogP contribution < -0.4 is 4.74 Å². The van der Waals surface area contributed by atoms with Gasteiger partial charge in [0, 0.05) is 19.1 Å². The first-order valence-corrected chi connectivity index (χ1v) is 7.70. The molecule has 0 N–H and O–H groups in total. The molecule has 1 fully saturated rings. The average molecular weight is 277 g/mol. The molecule has 1 aliphatic rings. The van der Waals surface area contributed by atoms with E-state index in [9.17, 15) is 0 Å². The second kappa shape index (κ2) is 7.65. The Hall–Kier alpha value is -1.06. The number of hydrogen-bond acceptors (Lipinski definition) is 3. The summed E-state index contributed by atoms with van der Waals surface area (Å²) in [5.74, 6) is 0.974. The Balaban J connectivity index is 1.71. The number of aryl methyl sites for hydroxylation is 1. The lowest BCUT2D eigenvalue weighted by Crippen LogP contribution is -2.42. The summed E-state index contributed by atoms with van der Waals surface area (Å²) in [6.07, 6.45) is 2.53. The average Bonchev–Trinajstić information content (AvgIpc) is 2.48. The van der Waals surface area contributed by atoms with E-state index in [0.29, 0.717) is 6.04 Å². The molecule has 0 aromatic heterocycles. The van der Waals surface area contributed by atoms with Crippen LogP contribution in [-0.2, 0) is 4.74 Å². The smallest absolute Gasteiger partial charge is 0.119 e. The Morgan fingerprint density at radius 2 is 1.75 bits per heavy atom. The van der Waals surface area contributed by atoms with Gasteiger partial charge in [-0.3, -0.25) is 4.90 Å². The van der Waals surface area contributed by atoms with Crippen molar-refractivity contribution in [2.45, 2.75) is 45.8 Å². The molecule has 0 amide bonds. The van der Waals surface area contributed by atoms with Crippen molar-refractivity contribution in [3.8, 4) is 5.75 Å². The van der Waals surface area contributed by atoms with Gasteiger partial charge in [-0.1, -0.05) is 17.7 Å². The minimum Gasteiger partial charge on any atom is -0.491 e. The number of hydrogen-bond donors (Lipinski definition) is 0. The maximum atomic E-state index is 5.96. The zero-order valence-electron chi connectivity index (χ0n) is 13.0. The molecule has 1 heterocycles. The van der Waals surface area contributed by atoms with Crippen molar-refractivity contribution < 1.29 is 9.47 Å². The fraction of sp³-hybridized carbons (Fsp3) is 0.647. The van der Waals surface area contributed by atoms with Gasteiger partial charge in [0.15, 0.2) is 0 Å². The topological polar surface area (TPSA) is 21.7 Å². The lowest BCUT2D eigenvalue weighted by Gasteiger charge is -2.32. The Morgan fingerprint density at radius 3 is 2.40 bits per heavy atom. The van der Waals surface area contributed by atoms with Gasteiger partial charge in [0.25, 0.3) is 0 Å². The first kappa shape index (κ1) is 15.3. The summed E-state index contributed by atoms with van der Waals surface area (Å²) in [4.78, 5) is 2.52. The van der Waals surface area contributed by atoms with E-state index in [1.165, 1.54) is 12.0 Å². The quantitative estimate of drug-likeness (QED) is 0.796. The maximum absolute atomic E-state index is 5.96. The summed E-state index contributed by atoms with van der Waals surface area (Å²) in [6.45, 7) is 10.4. The predicted molar refractivity (Wildman–Crippen MR) is 82.4 cm³/mol. The molecule has 2 rings (SSSR count). The lowest BCUT2D eigenvalue weighted by atomic mass is 10.1. The molecule has 1 aromatic rings. The van der Waals surface area contributed by atoms with Crippen LogP contribution in [0.15, 0.2) is 24.3 Å². The minimum atomic E-state index is 0.265. The molecule has 2 atom stereocenters. The number of benzene rings is 1. The first-order chi connectivity index (χ1) is 9.65. The van der Waals surface area contributed by atoms with Gasteiger partial charge in [0.2, 0.25) is 0 Å². The Bertz CT molecular complexity index is 384. The van der Waals surface area contributed by atoms with Gasteiger partial charge in [-0.2, -0.15) is 0 Å². The van der Waals surface area contributed by atoms with Crippen molar-refractivity contribution in [3.05, 3.63) is 29.8 Å². The third kappa shape index (κ3) is 4.80. The van der Waals surface area contributed by atoms with E-state index in [4.69, 9.17) is 9.47 Å². The molecule has 20 heavy (non-hydrogen) atoms. The van der Waals surface area contributed by atoms with Crippen LogP contribution in [0, 0.1) is 6.92 Å². The SMILES string of the molecule is Cc1ccc(O[C@H](C)CC[C@@H](C)N2CCOCC2)cc1. The molecule has 3 heteroatoms. The van der Waals surface area contributed by atoms with Crippen LogP contribution in [0.25, 0.3) is 0 Å². The Kier molecular flexibility index (Phi) is 5.86. The normalized spacial score (nSPS) is 19.6. The lowest BCUT2D eigenvalue weighted by molar-refractivity contribution is 0.0164. The molecule has 0 unspecified atom stereocenters. The molecule has 3 nitrogen and oxygen atoms in total. The molecular formula is C17H27NO2. The van der Waals surface area contributed by atoms with Crippen molar-refractivity contribution in [2.75, 3.05) is 26.3 Å². The minimum absolute atomic E-state index is 0.265. The van der Waals surface area contributed by atoms with Crippen molar-refractivity contribution in [2.24, 2.45) is 0 Å². The van der Waals surface area contributed by atoms with Gasteiger partial charge in [-0.15, -0.1) is 0 Å². The van der Waals surface area contributed by atoms with Gasteiger partial charge >= 0.3 is 0 Å². The van der Waals surface area contributed by atoms with Crippen LogP contribution in [0.5, 0.6) is 5.75 Å². The highest BCUT2D eigenvalue weighted by Gasteiger charge is 2.17. The van der Waals surface area contributed by atoms with Crippen LogP contribution in [-0.4, -0.2) is 43.3 Å². The van der Waals surface area contributed by atoms with Crippen LogP contribution in [0.1, 0.15) is 32.3 Å². The van der Waals surface area contributed by atoms with Crippen molar-refractivity contribution >= 4 is 0 Å². The van der Waals surface area contributed by atoms with Crippen LogP contribution >= 0.6 is 0 Å². The molecule has 0 aliphatic carbocycles. The van der Waals surface area contributed by atoms with E-state index >= 15 is 0 Å². The molecular weight excluding hydrogens is 250 g/mol. The zero-order valence-corrected chi connectivity index (χ0v) is 13.0. The number of ether oxygens (including phenoxy) is 2. The molecule has 1 aromatic carbocycles. The second-order valence-electron chi connectivity index (χ2n) is 5.82.